The van der Waals surface area contributed by atoms with Gasteiger partial charge in [-0.2, -0.15) is 0 Å². The number of fused-ring (bicyclic) bond motifs is 1. The Labute approximate surface area is 122 Å². The molecule has 0 bridgehead atoms. The van der Waals surface area contributed by atoms with Crippen LogP contribution in [0.15, 0.2) is 36.7 Å². The minimum atomic E-state index is -1.31. The largest absolute Gasteiger partial charge is 0.476 e. The third-order valence-corrected chi connectivity index (χ3v) is 3.58. The van der Waals surface area contributed by atoms with Gasteiger partial charge in [-0.25, -0.2) is 19.7 Å². The van der Waals surface area contributed by atoms with E-state index in [9.17, 15) is 9.59 Å². The van der Waals surface area contributed by atoms with E-state index >= 15 is 0 Å². The lowest BCUT2D eigenvalue weighted by Gasteiger charge is -2.02. The molecular formula is C13H8N4O3S. The summed E-state index contributed by atoms with van der Waals surface area (Å²) >= 11 is 1.30. The van der Waals surface area contributed by atoms with Crippen molar-refractivity contribution in [3.8, 4) is 0 Å². The third kappa shape index (κ3) is 2.56. The highest BCUT2D eigenvalue weighted by Crippen LogP contribution is 2.25. The Morgan fingerprint density at radius 3 is 2.52 bits per heavy atom. The molecule has 8 heteroatoms. The van der Waals surface area contributed by atoms with Crippen molar-refractivity contribution in [2.75, 3.05) is 5.32 Å². The van der Waals surface area contributed by atoms with E-state index < -0.39 is 17.6 Å². The molecule has 104 valence electrons. The molecule has 21 heavy (non-hydrogen) atoms. The maximum atomic E-state index is 12.1. The number of hydrogen-bond donors (Lipinski definition) is 2. The molecule has 0 aliphatic heterocycles. The van der Waals surface area contributed by atoms with E-state index in [1.165, 1.54) is 23.7 Å². The van der Waals surface area contributed by atoms with Gasteiger partial charge in [0.2, 0.25) is 0 Å². The van der Waals surface area contributed by atoms with Crippen molar-refractivity contribution in [1.29, 1.82) is 0 Å². The van der Waals surface area contributed by atoms with Crippen molar-refractivity contribution in [2.24, 2.45) is 0 Å². The maximum absolute atomic E-state index is 12.1. The second kappa shape index (κ2) is 5.25. The zero-order chi connectivity index (χ0) is 14.8. The Morgan fingerprint density at radius 1 is 1.10 bits per heavy atom. The molecule has 2 aromatic heterocycles. The quantitative estimate of drug-likeness (QED) is 0.766. The maximum Gasteiger partial charge on any atom is 0.356 e. The standard InChI is InChI=1S/C13H8N4O3S/c18-11(9-10(12(19)20)15-6-5-14-9)17-13-16-7-3-1-2-4-8(7)21-13/h1-6H,(H,19,20)(H,16,17,18). The normalized spacial score (nSPS) is 10.5. The van der Waals surface area contributed by atoms with Crippen LogP contribution in [0.4, 0.5) is 5.13 Å². The van der Waals surface area contributed by atoms with Gasteiger partial charge in [0.15, 0.2) is 16.5 Å². The highest BCUT2D eigenvalue weighted by Gasteiger charge is 2.20. The molecule has 3 aromatic rings. The van der Waals surface area contributed by atoms with Crippen LogP contribution in [0.5, 0.6) is 0 Å². The lowest BCUT2D eigenvalue weighted by molar-refractivity contribution is 0.0685. The number of rotatable bonds is 3. The van der Waals surface area contributed by atoms with Gasteiger partial charge in [-0.1, -0.05) is 23.5 Å². The molecule has 3 rings (SSSR count). The van der Waals surface area contributed by atoms with Crippen LogP contribution in [0.25, 0.3) is 10.2 Å². The molecular weight excluding hydrogens is 292 g/mol. The van der Waals surface area contributed by atoms with E-state index in [0.29, 0.717) is 5.13 Å². The number of amides is 1. The van der Waals surface area contributed by atoms with Gasteiger partial charge in [-0.15, -0.1) is 0 Å². The van der Waals surface area contributed by atoms with Gasteiger partial charge >= 0.3 is 5.97 Å². The van der Waals surface area contributed by atoms with Crippen LogP contribution in [-0.2, 0) is 0 Å². The van der Waals surface area contributed by atoms with Gasteiger partial charge in [0.1, 0.15) is 0 Å². The molecule has 0 spiro atoms. The summed E-state index contributed by atoms with van der Waals surface area (Å²) in [6.07, 6.45) is 2.48. The second-order valence-corrected chi connectivity index (χ2v) is 5.03. The van der Waals surface area contributed by atoms with E-state index in [0.717, 1.165) is 10.2 Å². The smallest absolute Gasteiger partial charge is 0.356 e. The van der Waals surface area contributed by atoms with Gasteiger partial charge in [0.25, 0.3) is 5.91 Å². The fraction of sp³-hybridized carbons (Fsp3) is 0. The number of nitrogens with one attached hydrogen (secondary N) is 1. The number of carbonyl (C=O) groups excluding carboxylic acids is 1. The van der Waals surface area contributed by atoms with E-state index in [-0.39, 0.29) is 5.69 Å². The molecule has 7 nitrogen and oxygen atoms in total. The summed E-state index contributed by atoms with van der Waals surface area (Å²) < 4.78 is 0.922. The van der Waals surface area contributed by atoms with Crippen molar-refractivity contribution >= 4 is 38.6 Å². The Hall–Kier alpha value is -2.87. The van der Waals surface area contributed by atoms with Gasteiger partial charge in [0.05, 0.1) is 10.2 Å². The molecule has 0 aliphatic rings. The van der Waals surface area contributed by atoms with Crippen molar-refractivity contribution in [1.82, 2.24) is 15.0 Å². The lowest BCUT2D eigenvalue weighted by Crippen LogP contribution is -2.19. The number of carbonyl (C=O) groups is 2. The summed E-state index contributed by atoms with van der Waals surface area (Å²) in [6, 6.07) is 7.43. The van der Waals surface area contributed by atoms with Crippen LogP contribution in [0.3, 0.4) is 0 Å². The lowest BCUT2D eigenvalue weighted by atomic mass is 10.3. The number of thiazole rings is 1. The number of benzene rings is 1. The highest BCUT2D eigenvalue weighted by molar-refractivity contribution is 7.22. The van der Waals surface area contributed by atoms with Crippen molar-refractivity contribution in [2.45, 2.75) is 0 Å². The number of anilines is 1. The van der Waals surface area contributed by atoms with E-state index in [4.69, 9.17) is 5.11 Å². The first-order valence-corrected chi connectivity index (χ1v) is 6.68. The van der Waals surface area contributed by atoms with Crippen molar-refractivity contribution in [3.63, 3.8) is 0 Å². The third-order valence-electron chi connectivity index (χ3n) is 2.63. The SMILES string of the molecule is O=C(O)c1nccnc1C(=O)Nc1nc2ccccc2s1. The zero-order valence-corrected chi connectivity index (χ0v) is 11.3. The van der Waals surface area contributed by atoms with Crippen LogP contribution in [0.1, 0.15) is 21.0 Å². The number of aromatic nitrogens is 3. The number of aromatic carboxylic acids is 1. The molecule has 0 radical (unpaired) electrons. The van der Waals surface area contributed by atoms with Crippen molar-refractivity contribution < 1.29 is 14.7 Å². The summed E-state index contributed by atoms with van der Waals surface area (Å²) in [5.41, 5.74) is 0.121. The van der Waals surface area contributed by atoms with Crippen LogP contribution < -0.4 is 5.32 Å². The monoisotopic (exact) mass is 300 g/mol. The van der Waals surface area contributed by atoms with Gasteiger partial charge in [0, 0.05) is 12.4 Å². The molecule has 0 saturated carbocycles. The average Bonchev–Trinajstić information content (AvgIpc) is 2.89. The number of carboxylic acid groups (broad SMARTS) is 1. The van der Waals surface area contributed by atoms with Crippen LogP contribution >= 0.6 is 11.3 Å². The Bertz CT molecular complexity index is 813. The molecule has 0 fully saturated rings. The molecule has 0 atom stereocenters. The first-order chi connectivity index (χ1) is 10.1. The first-order valence-electron chi connectivity index (χ1n) is 5.86. The summed E-state index contributed by atoms with van der Waals surface area (Å²) in [4.78, 5) is 34.8. The first kappa shape index (κ1) is 13.1. The van der Waals surface area contributed by atoms with Crippen molar-refractivity contribution in [3.05, 3.63) is 48.0 Å². The number of carboxylic acids is 1. The highest BCUT2D eigenvalue weighted by atomic mass is 32.1. The Morgan fingerprint density at radius 2 is 1.81 bits per heavy atom. The predicted molar refractivity (Wildman–Crippen MR) is 76.6 cm³/mol. The number of nitrogens with zero attached hydrogens (tertiary/aromatic N) is 3. The molecule has 2 N–H and O–H groups in total. The van der Waals surface area contributed by atoms with Crippen LogP contribution in [0, 0.1) is 0 Å². The van der Waals surface area contributed by atoms with Crippen LogP contribution in [-0.4, -0.2) is 31.9 Å². The van der Waals surface area contributed by atoms with Gasteiger partial charge in [-0.3, -0.25) is 10.1 Å². The minimum Gasteiger partial charge on any atom is -0.476 e. The molecule has 2 heterocycles. The van der Waals surface area contributed by atoms with E-state index in [1.807, 2.05) is 24.3 Å². The second-order valence-electron chi connectivity index (χ2n) is 4.00. The molecule has 0 unspecified atom stereocenters. The minimum absolute atomic E-state index is 0.246. The molecule has 0 aliphatic carbocycles. The van der Waals surface area contributed by atoms with Gasteiger partial charge < -0.3 is 5.11 Å². The summed E-state index contributed by atoms with van der Waals surface area (Å²) in [6.45, 7) is 0. The number of hydrogen-bond acceptors (Lipinski definition) is 6. The fourth-order valence-electron chi connectivity index (χ4n) is 1.74. The Kier molecular flexibility index (Phi) is 3.28. The molecule has 1 aromatic carbocycles. The zero-order valence-electron chi connectivity index (χ0n) is 10.5. The molecule has 0 saturated heterocycles. The number of para-hydroxylation sites is 1. The van der Waals surface area contributed by atoms with Crippen LogP contribution in [0.2, 0.25) is 0 Å². The summed E-state index contributed by atoms with van der Waals surface area (Å²) in [7, 11) is 0. The predicted octanol–water partition coefficient (Wildman–Crippen LogP) is 2.04. The fourth-order valence-corrected chi connectivity index (χ4v) is 2.60. The molecule has 1 amide bonds. The van der Waals surface area contributed by atoms with Gasteiger partial charge in [-0.05, 0) is 12.1 Å². The summed E-state index contributed by atoms with van der Waals surface area (Å²) in [5, 5.41) is 11.9. The summed E-state index contributed by atoms with van der Waals surface area (Å²) in [5.74, 6) is -1.96. The van der Waals surface area contributed by atoms with E-state index in [2.05, 4.69) is 20.3 Å². The topological polar surface area (TPSA) is 105 Å². The Balaban J connectivity index is 1.91. The van der Waals surface area contributed by atoms with E-state index in [1.54, 1.807) is 0 Å². The average molecular weight is 300 g/mol.